The molecule has 174 valence electrons. The van der Waals surface area contributed by atoms with Crippen LogP contribution in [0.3, 0.4) is 0 Å². The Morgan fingerprint density at radius 3 is 2.47 bits per heavy atom. The molecule has 0 atom stereocenters. The molecule has 0 saturated carbocycles. The Hall–Kier alpha value is -3.14. The number of aryl methyl sites for hydroxylation is 2. The van der Waals surface area contributed by atoms with Gasteiger partial charge in [0.2, 0.25) is 15.9 Å². The number of hydrogen-bond acceptors (Lipinski definition) is 6. The van der Waals surface area contributed by atoms with Gasteiger partial charge in [0.25, 0.3) is 5.69 Å². The smallest absolute Gasteiger partial charge is 0.271 e. The summed E-state index contributed by atoms with van der Waals surface area (Å²) in [5, 5.41) is 13.8. The SMILES string of the molecule is CCc1ccc(OCCNC(=O)CCCN(c2cc([N+](=O)[O-])ccc2C)S(C)(=O)=O)cc1. The van der Waals surface area contributed by atoms with Crippen molar-refractivity contribution >= 4 is 27.3 Å². The van der Waals surface area contributed by atoms with E-state index in [2.05, 4.69) is 12.2 Å². The molecular formula is C22H29N3O6S. The third-order valence-electron chi connectivity index (χ3n) is 4.86. The molecule has 0 aromatic heterocycles. The number of sulfonamides is 1. The Bertz CT molecular complexity index is 1040. The molecule has 2 rings (SSSR count). The van der Waals surface area contributed by atoms with Crippen LogP contribution >= 0.6 is 0 Å². The van der Waals surface area contributed by atoms with Crippen molar-refractivity contribution in [1.82, 2.24) is 5.32 Å². The van der Waals surface area contributed by atoms with Crippen LogP contribution in [0.15, 0.2) is 42.5 Å². The molecule has 10 heteroatoms. The van der Waals surface area contributed by atoms with Gasteiger partial charge >= 0.3 is 0 Å². The maximum Gasteiger partial charge on any atom is 0.271 e. The monoisotopic (exact) mass is 463 g/mol. The highest BCUT2D eigenvalue weighted by Crippen LogP contribution is 2.27. The summed E-state index contributed by atoms with van der Waals surface area (Å²) in [5.41, 5.74) is 1.86. The predicted molar refractivity (Wildman–Crippen MR) is 124 cm³/mol. The molecule has 0 aliphatic rings. The average Bonchev–Trinajstić information content (AvgIpc) is 2.74. The highest BCUT2D eigenvalue weighted by Gasteiger charge is 2.22. The number of ether oxygens (including phenoxy) is 1. The zero-order valence-electron chi connectivity index (χ0n) is 18.5. The van der Waals surface area contributed by atoms with Gasteiger partial charge < -0.3 is 10.1 Å². The second-order valence-electron chi connectivity index (χ2n) is 7.36. The van der Waals surface area contributed by atoms with E-state index in [-0.39, 0.29) is 36.7 Å². The Morgan fingerprint density at radius 1 is 1.19 bits per heavy atom. The van der Waals surface area contributed by atoms with Gasteiger partial charge in [0.05, 0.1) is 23.4 Å². The second kappa shape index (κ2) is 11.5. The van der Waals surface area contributed by atoms with E-state index in [1.165, 1.54) is 23.8 Å². The number of nitrogens with one attached hydrogen (secondary N) is 1. The van der Waals surface area contributed by atoms with Crippen LogP contribution in [0.4, 0.5) is 11.4 Å². The lowest BCUT2D eigenvalue weighted by Crippen LogP contribution is -2.33. The van der Waals surface area contributed by atoms with Crippen LogP contribution in [0, 0.1) is 17.0 Å². The largest absolute Gasteiger partial charge is 0.492 e. The molecule has 0 spiro atoms. The van der Waals surface area contributed by atoms with Gasteiger partial charge in [-0.15, -0.1) is 0 Å². The Kier molecular flexibility index (Phi) is 9.01. The highest BCUT2D eigenvalue weighted by atomic mass is 32.2. The lowest BCUT2D eigenvalue weighted by Gasteiger charge is -2.24. The molecule has 2 aromatic carbocycles. The van der Waals surface area contributed by atoms with Gasteiger partial charge in [0.1, 0.15) is 12.4 Å². The topological polar surface area (TPSA) is 119 Å². The van der Waals surface area contributed by atoms with Crippen molar-refractivity contribution in [1.29, 1.82) is 0 Å². The van der Waals surface area contributed by atoms with Gasteiger partial charge in [-0.05, 0) is 43.0 Å². The molecule has 0 radical (unpaired) electrons. The molecule has 0 aliphatic carbocycles. The first kappa shape index (κ1) is 25.1. The van der Waals surface area contributed by atoms with Gasteiger partial charge in [-0.25, -0.2) is 8.42 Å². The molecule has 1 amide bonds. The Labute approximate surface area is 188 Å². The van der Waals surface area contributed by atoms with Crippen molar-refractivity contribution in [2.45, 2.75) is 33.1 Å². The Balaban J connectivity index is 1.84. The standard InChI is InChI=1S/C22H29N3O6S/c1-4-18-8-11-20(12-9-18)31-15-13-23-22(26)6-5-14-24(32(3,29)30)21-16-19(25(27)28)10-7-17(21)2/h7-12,16H,4-6,13-15H2,1-3H3,(H,23,26). The van der Waals surface area contributed by atoms with Crippen LogP contribution in [0.25, 0.3) is 0 Å². The molecule has 9 nitrogen and oxygen atoms in total. The number of carbonyl (C=O) groups excluding carboxylic acids is 1. The minimum atomic E-state index is -3.68. The van der Waals surface area contributed by atoms with E-state index in [1.54, 1.807) is 6.92 Å². The Morgan fingerprint density at radius 2 is 1.88 bits per heavy atom. The molecule has 32 heavy (non-hydrogen) atoms. The molecule has 0 aliphatic heterocycles. The van der Waals surface area contributed by atoms with Crippen LogP contribution < -0.4 is 14.4 Å². The summed E-state index contributed by atoms with van der Waals surface area (Å²) >= 11 is 0. The summed E-state index contributed by atoms with van der Waals surface area (Å²) in [6.45, 7) is 4.44. The molecule has 2 aromatic rings. The summed E-state index contributed by atoms with van der Waals surface area (Å²) in [7, 11) is -3.68. The van der Waals surface area contributed by atoms with Gasteiger partial charge in [-0.1, -0.05) is 25.1 Å². The number of benzene rings is 2. The first-order chi connectivity index (χ1) is 15.1. The molecule has 0 saturated heterocycles. The van der Waals surface area contributed by atoms with Gasteiger partial charge in [-0.3, -0.25) is 19.2 Å². The summed E-state index contributed by atoms with van der Waals surface area (Å²) in [5.74, 6) is 0.506. The number of anilines is 1. The molecule has 0 heterocycles. The molecule has 0 fully saturated rings. The quantitative estimate of drug-likeness (QED) is 0.293. The minimum absolute atomic E-state index is 0.0362. The maximum atomic E-state index is 12.3. The third-order valence-corrected chi connectivity index (χ3v) is 6.04. The summed E-state index contributed by atoms with van der Waals surface area (Å²) in [4.78, 5) is 22.6. The zero-order valence-corrected chi connectivity index (χ0v) is 19.4. The average molecular weight is 464 g/mol. The van der Waals surface area contributed by atoms with Crippen LogP contribution in [0.5, 0.6) is 5.75 Å². The van der Waals surface area contributed by atoms with E-state index in [4.69, 9.17) is 4.74 Å². The summed E-state index contributed by atoms with van der Waals surface area (Å²) < 4.78 is 31.2. The first-order valence-electron chi connectivity index (χ1n) is 10.3. The van der Waals surface area contributed by atoms with Crippen molar-refractivity contribution in [3.05, 3.63) is 63.7 Å². The second-order valence-corrected chi connectivity index (χ2v) is 9.27. The fourth-order valence-electron chi connectivity index (χ4n) is 3.10. The molecular weight excluding hydrogens is 434 g/mol. The van der Waals surface area contributed by atoms with E-state index in [9.17, 15) is 23.3 Å². The van der Waals surface area contributed by atoms with E-state index in [0.29, 0.717) is 18.7 Å². The maximum absolute atomic E-state index is 12.3. The van der Waals surface area contributed by atoms with Gasteiger partial charge in [-0.2, -0.15) is 0 Å². The fraction of sp³-hybridized carbons (Fsp3) is 0.409. The van der Waals surface area contributed by atoms with E-state index >= 15 is 0 Å². The fourth-order valence-corrected chi connectivity index (χ4v) is 4.11. The normalized spacial score (nSPS) is 11.1. The minimum Gasteiger partial charge on any atom is -0.492 e. The number of hydrogen-bond donors (Lipinski definition) is 1. The number of nitro groups is 1. The number of nitrogens with zero attached hydrogens (tertiary/aromatic N) is 2. The van der Waals surface area contributed by atoms with Crippen molar-refractivity contribution in [2.24, 2.45) is 0 Å². The van der Waals surface area contributed by atoms with Crippen LogP contribution in [-0.2, 0) is 21.2 Å². The molecule has 1 N–H and O–H groups in total. The van der Waals surface area contributed by atoms with Crippen LogP contribution in [-0.4, -0.2) is 45.2 Å². The van der Waals surface area contributed by atoms with Crippen LogP contribution in [0.1, 0.15) is 30.9 Å². The number of nitro benzene ring substituents is 1. The van der Waals surface area contributed by atoms with Gasteiger partial charge in [0, 0.05) is 25.1 Å². The van der Waals surface area contributed by atoms with E-state index < -0.39 is 14.9 Å². The van der Waals surface area contributed by atoms with E-state index in [0.717, 1.165) is 22.7 Å². The predicted octanol–water partition coefficient (Wildman–Crippen LogP) is 3.21. The lowest BCUT2D eigenvalue weighted by atomic mass is 10.1. The number of amides is 1. The lowest BCUT2D eigenvalue weighted by molar-refractivity contribution is -0.384. The van der Waals surface area contributed by atoms with Crippen LogP contribution in [0.2, 0.25) is 0 Å². The molecule has 0 bridgehead atoms. The summed E-state index contributed by atoms with van der Waals surface area (Å²) in [6.07, 6.45) is 2.37. The van der Waals surface area contributed by atoms with E-state index in [1.807, 2.05) is 24.3 Å². The number of carbonyl (C=O) groups is 1. The summed E-state index contributed by atoms with van der Waals surface area (Å²) in [6, 6.07) is 11.8. The number of non-ortho nitro benzene ring substituents is 1. The molecule has 0 unspecified atom stereocenters. The van der Waals surface area contributed by atoms with Crippen molar-refractivity contribution in [3.63, 3.8) is 0 Å². The third kappa shape index (κ3) is 7.52. The highest BCUT2D eigenvalue weighted by molar-refractivity contribution is 7.92. The van der Waals surface area contributed by atoms with Gasteiger partial charge in [0.15, 0.2) is 0 Å². The first-order valence-corrected chi connectivity index (χ1v) is 12.2. The zero-order chi connectivity index (χ0) is 23.7. The van der Waals surface area contributed by atoms with Crippen molar-refractivity contribution in [3.8, 4) is 5.75 Å². The number of rotatable bonds is 12. The van der Waals surface area contributed by atoms with Crippen molar-refractivity contribution < 1.29 is 22.9 Å². The van der Waals surface area contributed by atoms with Crippen molar-refractivity contribution in [2.75, 3.05) is 30.3 Å².